The van der Waals surface area contributed by atoms with Gasteiger partial charge in [-0.15, -0.1) is 0 Å². The summed E-state index contributed by atoms with van der Waals surface area (Å²) in [6, 6.07) is -0.101. The van der Waals surface area contributed by atoms with Crippen molar-refractivity contribution < 1.29 is 14.3 Å². The lowest BCUT2D eigenvalue weighted by molar-refractivity contribution is -0.121. The van der Waals surface area contributed by atoms with Gasteiger partial charge in [0.2, 0.25) is 5.91 Å². The Morgan fingerprint density at radius 1 is 1.25 bits per heavy atom. The van der Waals surface area contributed by atoms with Gasteiger partial charge in [-0.3, -0.25) is 4.79 Å². The predicted octanol–water partition coefficient (Wildman–Crippen LogP) is 2.48. The molecule has 0 aromatic rings. The smallest absolute Gasteiger partial charge is 0.407 e. The van der Waals surface area contributed by atoms with Gasteiger partial charge in [0, 0.05) is 25.0 Å². The van der Waals surface area contributed by atoms with Crippen LogP contribution in [0.25, 0.3) is 0 Å². The molecule has 0 saturated carbocycles. The van der Waals surface area contributed by atoms with Crippen LogP contribution >= 0.6 is 0 Å². The van der Waals surface area contributed by atoms with Crippen molar-refractivity contribution in [2.45, 2.75) is 70.9 Å². The molecular weight excluding hydrogens is 306 g/mol. The number of alkyl carbamates (subject to hydrolysis) is 1. The number of amides is 2. The zero-order valence-electron chi connectivity index (χ0n) is 15.1. The summed E-state index contributed by atoms with van der Waals surface area (Å²) >= 11 is 0. The van der Waals surface area contributed by atoms with Crippen molar-refractivity contribution in [3.05, 3.63) is 12.2 Å². The molecule has 138 valence electrons. The summed E-state index contributed by atoms with van der Waals surface area (Å²) in [5.41, 5.74) is 6.10. The molecule has 6 heteroatoms. The van der Waals surface area contributed by atoms with Gasteiger partial charge < -0.3 is 21.1 Å². The van der Waals surface area contributed by atoms with E-state index in [0.717, 1.165) is 32.1 Å². The number of carbonyl (C=O) groups is 2. The number of allylic oxidation sites excluding steroid dienone is 2. The molecule has 24 heavy (non-hydrogen) atoms. The Labute approximate surface area is 145 Å². The van der Waals surface area contributed by atoms with Crippen LogP contribution in [0, 0.1) is 5.92 Å². The molecule has 0 bridgehead atoms. The van der Waals surface area contributed by atoms with Crippen LogP contribution in [0.2, 0.25) is 0 Å². The van der Waals surface area contributed by atoms with Crippen LogP contribution < -0.4 is 16.4 Å². The lowest BCUT2D eigenvalue weighted by Crippen LogP contribution is -2.48. The van der Waals surface area contributed by atoms with E-state index in [1.165, 1.54) is 0 Å². The third kappa shape index (κ3) is 9.55. The van der Waals surface area contributed by atoms with Gasteiger partial charge in [0.05, 0.1) is 6.61 Å². The molecule has 0 aromatic carbocycles. The Morgan fingerprint density at radius 2 is 1.96 bits per heavy atom. The maximum Gasteiger partial charge on any atom is 0.407 e. The molecule has 0 radical (unpaired) electrons. The molecule has 4 N–H and O–H groups in total. The largest absolute Gasteiger partial charge is 0.450 e. The third-order valence-corrected chi connectivity index (χ3v) is 4.12. The Kier molecular flexibility index (Phi) is 10.2. The number of nitrogens with one attached hydrogen (secondary N) is 2. The van der Waals surface area contributed by atoms with Crippen LogP contribution in [0.15, 0.2) is 12.2 Å². The Morgan fingerprint density at radius 3 is 2.67 bits per heavy atom. The molecule has 0 fully saturated rings. The summed E-state index contributed by atoms with van der Waals surface area (Å²) in [5.74, 6) is 0.584. The third-order valence-electron chi connectivity index (χ3n) is 4.12. The van der Waals surface area contributed by atoms with Gasteiger partial charge in [0.1, 0.15) is 0 Å². The summed E-state index contributed by atoms with van der Waals surface area (Å²) in [6.07, 6.45) is 9.24. The first-order chi connectivity index (χ1) is 11.5. The van der Waals surface area contributed by atoms with Crippen molar-refractivity contribution in [1.29, 1.82) is 0 Å². The van der Waals surface area contributed by atoms with E-state index in [-0.39, 0.29) is 24.6 Å². The average molecular weight is 339 g/mol. The molecule has 0 heterocycles. The van der Waals surface area contributed by atoms with E-state index < -0.39 is 6.09 Å². The number of nitrogens with two attached hydrogens (primary N) is 1. The van der Waals surface area contributed by atoms with E-state index in [2.05, 4.69) is 36.6 Å². The zero-order valence-corrected chi connectivity index (χ0v) is 15.1. The van der Waals surface area contributed by atoms with Gasteiger partial charge in [-0.2, -0.15) is 0 Å². The van der Waals surface area contributed by atoms with Gasteiger partial charge in [-0.1, -0.05) is 26.0 Å². The fourth-order valence-corrected chi connectivity index (χ4v) is 2.57. The fourth-order valence-electron chi connectivity index (χ4n) is 2.57. The molecule has 0 unspecified atom stereocenters. The molecule has 0 spiro atoms. The first kappa shape index (κ1) is 20.5. The van der Waals surface area contributed by atoms with E-state index in [0.29, 0.717) is 25.3 Å². The minimum absolute atomic E-state index is 0.00786. The summed E-state index contributed by atoms with van der Waals surface area (Å²) < 4.78 is 5.15. The molecule has 2 atom stereocenters. The molecule has 0 saturated heterocycles. The van der Waals surface area contributed by atoms with Gasteiger partial charge in [0.15, 0.2) is 0 Å². The second kappa shape index (κ2) is 11.9. The highest BCUT2D eigenvalue weighted by Crippen LogP contribution is 2.12. The molecule has 6 nitrogen and oxygen atoms in total. The van der Waals surface area contributed by atoms with E-state index >= 15 is 0 Å². The van der Waals surface area contributed by atoms with E-state index in [1.807, 2.05) is 0 Å². The first-order valence-corrected chi connectivity index (χ1v) is 9.09. The highest BCUT2D eigenvalue weighted by atomic mass is 16.5. The molecule has 0 aliphatic heterocycles. The second-order valence-electron chi connectivity index (χ2n) is 6.81. The minimum atomic E-state index is -0.444. The van der Waals surface area contributed by atoms with Crippen molar-refractivity contribution in [3.63, 3.8) is 0 Å². The lowest BCUT2D eigenvalue weighted by Gasteiger charge is -2.25. The van der Waals surface area contributed by atoms with Gasteiger partial charge >= 0.3 is 6.09 Å². The van der Waals surface area contributed by atoms with Gasteiger partial charge in [-0.25, -0.2) is 4.79 Å². The van der Waals surface area contributed by atoms with Crippen LogP contribution in [-0.2, 0) is 9.53 Å². The number of hydrogen-bond acceptors (Lipinski definition) is 4. The van der Waals surface area contributed by atoms with Crippen molar-refractivity contribution in [2.75, 3.05) is 13.2 Å². The number of ether oxygens (including phenoxy) is 1. The van der Waals surface area contributed by atoms with Crippen molar-refractivity contribution in [3.8, 4) is 0 Å². The quantitative estimate of drug-likeness (QED) is 0.468. The van der Waals surface area contributed by atoms with Crippen LogP contribution in [-0.4, -0.2) is 37.2 Å². The number of carbonyl (C=O) groups excluding carboxylic acids is 2. The minimum Gasteiger partial charge on any atom is -0.450 e. The van der Waals surface area contributed by atoms with Crippen LogP contribution in [0.3, 0.4) is 0 Å². The average Bonchev–Trinajstić information content (AvgIpc) is 2.51. The van der Waals surface area contributed by atoms with Gasteiger partial charge in [0.25, 0.3) is 0 Å². The summed E-state index contributed by atoms with van der Waals surface area (Å²) in [6.45, 7) is 5.19. The van der Waals surface area contributed by atoms with E-state index in [1.54, 1.807) is 0 Å². The zero-order chi connectivity index (χ0) is 17.8. The van der Waals surface area contributed by atoms with E-state index in [4.69, 9.17) is 10.5 Å². The van der Waals surface area contributed by atoms with Crippen LogP contribution in [0.5, 0.6) is 0 Å². The molecular formula is C18H33N3O3. The Balaban J connectivity index is 2.12. The SMILES string of the molecule is CC(C)CCNC(=O)CCCOC(=O)N[C@@H]1CC/C=C/CC[C@@H]1N. The molecule has 0 aromatic heterocycles. The monoisotopic (exact) mass is 339 g/mol. The molecule has 2 amide bonds. The Bertz CT molecular complexity index is 410. The topological polar surface area (TPSA) is 93.4 Å². The van der Waals surface area contributed by atoms with E-state index in [9.17, 15) is 9.59 Å². The molecule has 1 rings (SSSR count). The highest BCUT2D eigenvalue weighted by Gasteiger charge is 2.20. The second-order valence-corrected chi connectivity index (χ2v) is 6.81. The van der Waals surface area contributed by atoms with Crippen LogP contribution in [0.4, 0.5) is 4.79 Å². The molecule has 1 aliphatic rings. The van der Waals surface area contributed by atoms with Crippen molar-refractivity contribution >= 4 is 12.0 Å². The first-order valence-electron chi connectivity index (χ1n) is 9.09. The Hall–Kier alpha value is -1.56. The number of hydrogen-bond donors (Lipinski definition) is 3. The fraction of sp³-hybridized carbons (Fsp3) is 0.778. The summed E-state index contributed by atoms with van der Waals surface area (Å²) in [4.78, 5) is 23.4. The maximum absolute atomic E-state index is 11.8. The predicted molar refractivity (Wildman–Crippen MR) is 95.6 cm³/mol. The standard InChI is InChI=1S/C18H33N3O3/c1-14(2)11-12-20-17(22)10-7-13-24-18(23)21-16-9-6-4-3-5-8-15(16)19/h3-4,14-16H,5-13,19H2,1-2H3,(H,20,22)(H,21,23)/b4-3+/t15-,16+/m0/s1. The summed E-state index contributed by atoms with van der Waals surface area (Å²) in [5, 5.41) is 5.72. The highest BCUT2D eigenvalue weighted by molar-refractivity contribution is 5.75. The van der Waals surface area contributed by atoms with Crippen molar-refractivity contribution in [1.82, 2.24) is 10.6 Å². The normalized spacial score (nSPS) is 22.3. The van der Waals surface area contributed by atoms with Crippen LogP contribution in [0.1, 0.15) is 58.8 Å². The van der Waals surface area contributed by atoms with Crippen molar-refractivity contribution in [2.24, 2.45) is 11.7 Å². The summed E-state index contributed by atoms with van der Waals surface area (Å²) in [7, 11) is 0. The maximum atomic E-state index is 11.8. The number of rotatable bonds is 8. The molecule has 1 aliphatic carbocycles. The lowest BCUT2D eigenvalue weighted by atomic mass is 9.96. The van der Waals surface area contributed by atoms with Gasteiger partial charge in [-0.05, 0) is 44.4 Å².